The maximum atomic E-state index is 6.12. The smallest absolute Gasteiger partial charge is 0.139 e. The number of para-hydroxylation sites is 2. The topological polar surface area (TPSA) is 157 Å². The highest BCUT2D eigenvalue weighted by Crippen LogP contribution is 2.33. The van der Waals surface area contributed by atoms with Gasteiger partial charge in [-0.05, 0) is 86.3 Å². The molecule has 14 nitrogen and oxygen atoms in total. The molecule has 0 amide bonds. The third kappa shape index (κ3) is 8.66. The summed E-state index contributed by atoms with van der Waals surface area (Å²) in [5, 5.41) is 2.27. The Morgan fingerprint density at radius 3 is 1.59 bits per heavy atom. The molecule has 11 rings (SSSR count). The van der Waals surface area contributed by atoms with Crippen molar-refractivity contribution in [1.29, 1.82) is 0 Å². The lowest BCUT2D eigenvalue weighted by molar-refractivity contribution is -0.120. The number of hydrogen-bond acceptors (Lipinski definition) is 12. The van der Waals surface area contributed by atoms with Crippen molar-refractivity contribution in [2.75, 3.05) is 76.1 Å². The molecule has 0 bridgehead atoms. The van der Waals surface area contributed by atoms with E-state index in [-0.39, 0.29) is 5.41 Å². The average molecular weight is 861 g/mol. The Morgan fingerprint density at radius 1 is 0.625 bits per heavy atom. The highest BCUT2D eigenvalue weighted by Gasteiger charge is 2.34. The quantitative estimate of drug-likeness (QED) is 0.124. The van der Waals surface area contributed by atoms with Crippen molar-refractivity contribution < 1.29 is 18.9 Å². The van der Waals surface area contributed by atoms with E-state index in [0.717, 1.165) is 132 Å². The van der Waals surface area contributed by atoms with Gasteiger partial charge in [0, 0.05) is 73.7 Å². The summed E-state index contributed by atoms with van der Waals surface area (Å²) in [6, 6.07) is 33.7. The second-order valence-electron chi connectivity index (χ2n) is 17.6. The van der Waals surface area contributed by atoms with E-state index in [9.17, 15) is 0 Å². The fraction of sp³-hybridized carbons (Fsp3) is 0.360. The molecule has 3 aliphatic heterocycles. The van der Waals surface area contributed by atoms with Gasteiger partial charge in [0.15, 0.2) is 0 Å². The Bertz CT molecular complexity index is 2890. The largest absolute Gasteiger partial charge is 0.493 e. The molecule has 14 heteroatoms. The second kappa shape index (κ2) is 18.0. The Hall–Kier alpha value is -6.32. The predicted molar refractivity (Wildman–Crippen MR) is 253 cm³/mol. The summed E-state index contributed by atoms with van der Waals surface area (Å²) in [5.41, 5.74) is 20.5. The van der Waals surface area contributed by atoms with Crippen molar-refractivity contribution in [3.63, 3.8) is 0 Å². The van der Waals surface area contributed by atoms with Crippen LogP contribution in [0.25, 0.3) is 55.5 Å². The number of pyridine rings is 2. The molecule has 0 spiro atoms. The van der Waals surface area contributed by atoms with E-state index in [1.807, 2.05) is 58.2 Å². The molecular formula is C50H56N10O4. The van der Waals surface area contributed by atoms with Gasteiger partial charge >= 0.3 is 0 Å². The number of methoxy groups -OCH3 is 1. The lowest BCUT2D eigenvalue weighted by Gasteiger charge is -2.37. The zero-order valence-corrected chi connectivity index (χ0v) is 36.6. The lowest BCUT2D eigenvalue weighted by Crippen LogP contribution is -2.44. The number of imidazole rings is 2. The number of rotatable bonds is 11. The summed E-state index contributed by atoms with van der Waals surface area (Å²) in [7, 11) is 1.66. The summed E-state index contributed by atoms with van der Waals surface area (Å²) in [6.07, 6.45) is 7.71. The number of nitrogens with two attached hydrogens (primary N) is 2. The van der Waals surface area contributed by atoms with Gasteiger partial charge in [0.2, 0.25) is 0 Å². The first kappa shape index (κ1) is 41.7. The van der Waals surface area contributed by atoms with E-state index in [1.54, 1.807) is 7.11 Å². The first-order valence-electron chi connectivity index (χ1n) is 22.4. The number of anilines is 2. The molecule has 8 aromatic rings. The zero-order chi connectivity index (χ0) is 43.6. The maximum absolute atomic E-state index is 6.12. The summed E-state index contributed by atoms with van der Waals surface area (Å²) in [6.45, 7) is 9.27. The number of benzene rings is 4. The van der Waals surface area contributed by atoms with Gasteiger partial charge in [0.05, 0.1) is 70.9 Å². The van der Waals surface area contributed by atoms with Crippen LogP contribution < -0.4 is 30.7 Å². The van der Waals surface area contributed by atoms with Crippen molar-refractivity contribution in [1.82, 2.24) is 29.1 Å². The van der Waals surface area contributed by atoms with E-state index in [1.165, 1.54) is 11.4 Å². The summed E-state index contributed by atoms with van der Waals surface area (Å²) in [4.78, 5) is 24.1. The number of aromatic nitrogens is 6. The molecule has 64 heavy (non-hydrogen) atoms. The minimum atomic E-state index is 0.112. The molecule has 4 aromatic heterocycles. The number of ether oxygens (including phenoxy) is 4. The fourth-order valence-electron chi connectivity index (χ4n) is 8.87. The Labute approximate surface area is 372 Å². The van der Waals surface area contributed by atoms with Crippen LogP contribution in [0.1, 0.15) is 32.6 Å². The Morgan fingerprint density at radius 2 is 1.12 bits per heavy atom. The van der Waals surface area contributed by atoms with Crippen LogP contribution in [-0.4, -0.2) is 107 Å². The van der Waals surface area contributed by atoms with Crippen LogP contribution in [0.4, 0.5) is 11.4 Å². The van der Waals surface area contributed by atoms with E-state index in [4.69, 9.17) is 40.4 Å². The second-order valence-corrected chi connectivity index (χ2v) is 17.6. The summed E-state index contributed by atoms with van der Waals surface area (Å²) in [5.74, 6) is 3.33. The van der Waals surface area contributed by atoms with Crippen LogP contribution in [0, 0.1) is 5.41 Å². The lowest BCUT2D eigenvalue weighted by atomic mass is 9.90. The van der Waals surface area contributed by atoms with Gasteiger partial charge in [-0.2, -0.15) is 0 Å². The third-order valence-electron chi connectivity index (χ3n) is 12.7. The molecule has 7 heterocycles. The van der Waals surface area contributed by atoms with E-state index in [0.29, 0.717) is 31.9 Å². The van der Waals surface area contributed by atoms with Crippen molar-refractivity contribution in [2.24, 2.45) is 16.9 Å². The van der Waals surface area contributed by atoms with Gasteiger partial charge < -0.3 is 40.2 Å². The van der Waals surface area contributed by atoms with Crippen LogP contribution in [0.15, 0.2) is 110 Å². The third-order valence-corrected chi connectivity index (χ3v) is 12.7. The highest BCUT2D eigenvalue weighted by atomic mass is 16.5. The van der Waals surface area contributed by atoms with Gasteiger partial charge in [-0.25, -0.2) is 19.9 Å². The maximum Gasteiger partial charge on any atom is 0.139 e. The monoisotopic (exact) mass is 860 g/mol. The molecule has 330 valence electrons. The molecule has 3 aliphatic rings. The minimum Gasteiger partial charge on any atom is -0.493 e. The summed E-state index contributed by atoms with van der Waals surface area (Å²) < 4.78 is 26.2. The number of nitrogens with zero attached hydrogens (tertiary/aromatic N) is 8. The molecule has 0 unspecified atom stereocenters. The number of piperidine rings is 2. The minimum absolute atomic E-state index is 0.112. The van der Waals surface area contributed by atoms with Crippen molar-refractivity contribution >= 4 is 55.2 Å². The van der Waals surface area contributed by atoms with Crippen LogP contribution >= 0.6 is 0 Å². The summed E-state index contributed by atoms with van der Waals surface area (Å²) >= 11 is 0. The molecule has 3 fully saturated rings. The molecule has 0 aliphatic carbocycles. The van der Waals surface area contributed by atoms with Crippen LogP contribution in [0.2, 0.25) is 0 Å². The van der Waals surface area contributed by atoms with Gasteiger partial charge in [-0.3, -0.25) is 9.13 Å². The van der Waals surface area contributed by atoms with E-state index >= 15 is 0 Å². The van der Waals surface area contributed by atoms with Crippen molar-refractivity contribution in [3.8, 4) is 23.1 Å². The molecule has 4 N–H and O–H groups in total. The first-order valence-corrected chi connectivity index (χ1v) is 22.4. The Balaban J connectivity index is 0.000000152. The molecule has 0 atom stereocenters. The highest BCUT2D eigenvalue weighted by molar-refractivity contribution is 5.93. The van der Waals surface area contributed by atoms with E-state index < -0.39 is 0 Å². The first-order chi connectivity index (χ1) is 31.3. The molecule has 0 saturated carbocycles. The van der Waals surface area contributed by atoms with Crippen LogP contribution in [0.5, 0.6) is 11.5 Å². The van der Waals surface area contributed by atoms with Crippen LogP contribution in [-0.2, 0) is 9.47 Å². The van der Waals surface area contributed by atoms with Crippen LogP contribution in [0.3, 0.4) is 0 Å². The zero-order valence-electron chi connectivity index (χ0n) is 36.6. The average Bonchev–Trinajstić information content (AvgIpc) is 3.95. The SMILES string of the molecule is CC1(COc2ccc3c(c2)ncn3-c2ccc3cccc(N4CCC(N)CC4)c3n2)COC1.COCCOc1ccc2c(c1)ncn2-c1ccc2cccc(N3CCC(N)CC3)c2n1. The van der Waals surface area contributed by atoms with Crippen molar-refractivity contribution in [3.05, 3.63) is 110 Å². The van der Waals surface area contributed by atoms with Gasteiger partial charge in [-0.1, -0.05) is 31.2 Å². The van der Waals surface area contributed by atoms with E-state index in [2.05, 4.69) is 87.4 Å². The number of hydrogen-bond donors (Lipinski definition) is 2. The fourth-order valence-corrected chi connectivity index (χ4v) is 8.87. The normalized spacial score (nSPS) is 16.9. The molecule has 0 radical (unpaired) electrons. The van der Waals surface area contributed by atoms with Crippen molar-refractivity contribution in [2.45, 2.75) is 44.7 Å². The molecular weight excluding hydrogens is 805 g/mol. The predicted octanol–water partition coefficient (Wildman–Crippen LogP) is 7.44. The van der Waals surface area contributed by atoms with Gasteiger partial charge in [0.1, 0.15) is 42.4 Å². The van der Waals surface area contributed by atoms with Gasteiger partial charge in [-0.15, -0.1) is 0 Å². The standard InChI is InChI=1S/C26H29N5O2.C24H27N5O2/c1-26(14-32-15-26)16-33-20-6-7-22-21(13-20)28-17-31(22)24-8-5-18-3-2-4-23(25(18)29-24)30-11-9-19(27)10-12-30;1-30-13-14-31-19-6-7-21-20(15-19)26-16-29(21)23-8-5-17-3-2-4-22(24(17)27-23)28-11-9-18(25)10-12-28/h2-8,13,17,19H,9-12,14-16,27H2,1H3;2-8,15-16,18H,9-14,25H2,1H3. The Kier molecular flexibility index (Phi) is 11.8. The molecule has 3 saturated heterocycles. The molecule has 4 aromatic carbocycles. The van der Waals surface area contributed by atoms with Gasteiger partial charge in [0.25, 0.3) is 0 Å². The number of fused-ring (bicyclic) bond motifs is 4.